The van der Waals surface area contributed by atoms with Gasteiger partial charge in [-0.05, 0) is 41.0 Å². The Morgan fingerprint density at radius 2 is 2.07 bits per heavy atom. The number of Topliss-reactive ketones (excluding diaryl/α,β-unsaturated/α-hetero) is 1. The Kier molecular flexibility index (Phi) is 5.94. The zero-order valence-electron chi connectivity index (χ0n) is 15.9. The lowest BCUT2D eigenvalue weighted by atomic mass is 9.90. The van der Waals surface area contributed by atoms with Gasteiger partial charge in [-0.1, -0.05) is 13.0 Å². The summed E-state index contributed by atoms with van der Waals surface area (Å²) in [6.45, 7) is 1.91. The van der Waals surface area contributed by atoms with Gasteiger partial charge in [0.1, 0.15) is 29.5 Å². The SMILES string of the molecule is CCc1c(F)ccc2cc(OCOC)cc(C3CC(=O)C(C(=O)OC)=CO3)c12. The number of hydrogen-bond donors (Lipinski definition) is 0. The highest BCUT2D eigenvalue weighted by Gasteiger charge is 2.31. The van der Waals surface area contributed by atoms with E-state index in [4.69, 9.17) is 14.2 Å². The first-order valence-corrected chi connectivity index (χ1v) is 8.84. The van der Waals surface area contributed by atoms with Crippen LogP contribution in [-0.4, -0.2) is 32.8 Å². The maximum absolute atomic E-state index is 14.4. The molecular weight excluding hydrogens is 367 g/mol. The molecule has 28 heavy (non-hydrogen) atoms. The number of rotatable bonds is 6. The molecule has 1 aliphatic heterocycles. The maximum atomic E-state index is 14.4. The van der Waals surface area contributed by atoms with Crippen molar-refractivity contribution in [2.75, 3.05) is 21.0 Å². The summed E-state index contributed by atoms with van der Waals surface area (Å²) in [5, 5.41) is 1.45. The van der Waals surface area contributed by atoms with Gasteiger partial charge in [0, 0.05) is 12.7 Å². The van der Waals surface area contributed by atoms with E-state index in [1.54, 1.807) is 18.2 Å². The number of fused-ring (bicyclic) bond motifs is 1. The zero-order chi connectivity index (χ0) is 20.3. The number of benzene rings is 2. The number of ketones is 1. The van der Waals surface area contributed by atoms with Crippen LogP contribution in [0.3, 0.4) is 0 Å². The van der Waals surface area contributed by atoms with E-state index in [-0.39, 0.29) is 24.6 Å². The Balaban J connectivity index is 2.12. The number of aryl methyl sites for hydroxylation is 1. The highest BCUT2D eigenvalue weighted by molar-refractivity contribution is 6.17. The van der Waals surface area contributed by atoms with Crippen molar-refractivity contribution in [3.63, 3.8) is 0 Å². The largest absolute Gasteiger partial charge is 0.492 e. The summed E-state index contributed by atoms with van der Waals surface area (Å²) in [7, 11) is 2.71. The molecule has 0 aromatic heterocycles. The number of methoxy groups -OCH3 is 2. The second-order valence-corrected chi connectivity index (χ2v) is 6.32. The fourth-order valence-corrected chi connectivity index (χ4v) is 3.33. The Hall–Kier alpha value is -2.93. The molecule has 0 amide bonds. The quantitative estimate of drug-likeness (QED) is 0.428. The van der Waals surface area contributed by atoms with Crippen LogP contribution in [0.2, 0.25) is 0 Å². The fourth-order valence-electron chi connectivity index (χ4n) is 3.33. The van der Waals surface area contributed by atoms with Crippen LogP contribution in [0.4, 0.5) is 4.39 Å². The molecule has 2 aromatic carbocycles. The van der Waals surface area contributed by atoms with Crippen molar-refractivity contribution in [3.8, 4) is 5.75 Å². The van der Waals surface area contributed by atoms with E-state index < -0.39 is 17.9 Å². The highest BCUT2D eigenvalue weighted by Crippen LogP contribution is 2.38. The molecule has 3 rings (SSSR count). The van der Waals surface area contributed by atoms with Crippen LogP contribution in [0.15, 0.2) is 36.1 Å². The first-order chi connectivity index (χ1) is 13.5. The van der Waals surface area contributed by atoms with Crippen LogP contribution in [0, 0.1) is 5.82 Å². The number of halogens is 1. The van der Waals surface area contributed by atoms with Gasteiger partial charge in [0.25, 0.3) is 0 Å². The van der Waals surface area contributed by atoms with E-state index in [1.807, 2.05) is 6.92 Å². The molecule has 7 heteroatoms. The predicted molar refractivity (Wildman–Crippen MR) is 99.3 cm³/mol. The van der Waals surface area contributed by atoms with Crippen LogP contribution in [-0.2, 0) is 30.2 Å². The first kappa shape index (κ1) is 19.8. The molecule has 1 unspecified atom stereocenters. The molecule has 148 valence electrons. The molecule has 0 saturated heterocycles. The van der Waals surface area contributed by atoms with E-state index in [9.17, 15) is 14.0 Å². The van der Waals surface area contributed by atoms with Crippen molar-refractivity contribution in [3.05, 3.63) is 53.0 Å². The van der Waals surface area contributed by atoms with E-state index >= 15 is 0 Å². The smallest absolute Gasteiger partial charge is 0.344 e. The molecule has 1 aliphatic rings. The van der Waals surface area contributed by atoms with Crippen molar-refractivity contribution in [1.29, 1.82) is 0 Å². The summed E-state index contributed by atoms with van der Waals surface area (Å²) in [5.74, 6) is -0.953. The molecule has 2 aromatic rings. The average Bonchev–Trinajstić information content (AvgIpc) is 2.71. The summed E-state index contributed by atoms with van der Waals surface area (Å²) in [4.78, 5) is 24.1. The Morgan fingerprint density at radius 3 is 2.71 bits per heavy atom. The van der Waals surface area contributed by atoms with Gasteiger partial charge in [0.05, 0.1) is 13.5 Å². The Labute approximate surface area is 161 Å². The zero-order valence-corrected chi connectivity index (χ0v) is 15.9. The second-order valence-electron chi connectivity index (χ2n) is 6.32. The number of hydrogen-bond acceptors (Lipinski definition) is 6. The summed E-state index contributed by atoms with van der Waals surface area (Å²) < 4.78 is 35.2. The summed E-state index contributed by atoms with van der Waals surface area (Å²) in [5.41, 5.74) is 1.01. The van der Waals surface area contributed by atoms with Gasteiger partial charge in [-0.15, -0.1) is 0 Å². The van der Waals surface area contributed by atoms with Crippen LogP contribution in [0.1, 0.15) is 30.6 Å². The Morgan fingerprint density at radius 1 is 1.29 bits per heavy atom. The van der Waals surface area contributed by atoms with Crippen molar-refractivity contribution >= 4 is 22.5 Å². The van der Waals surface area contributed by atoms with Crippen molar-refractivity contribution < 1.29 is 32.9 Å². The fraction of sp³-hybridized carbons (Fsp3) is 0.333. The van der Waals surface area contributed by atoms with Crippen LogP contribution in [0.5, 0.6) is 5.75 Å². The Bertz CT molecular complexity index is 950. The highest BCUT2D eigenvalue weighted by atomic mass is 19.1. The molecule has 1 heterocycles. The third-order valence-corrected chi connectivity index (χ3v) is 4.64. The van der Waals surface area contributed by atoms with Gasteiger partial charge >= 0.3 is 5.97 Å². The molecule has 0 radical (unpaired) electrons. The molecule has 6 nitrogen and oxygen atoms in total. The lowest BCUT2D eigenvalue weighted by Gasteiger charge is -2.24. The van der Waals surface area contributed by atoms with Crippen LogP contribution in [0.25, 0.3) is 10.8 Å². The van der Waals surface area contributed by atoms with Gasteiger partial charge in [-0.2, -0.15) is 0 Å². The molecule has 0 bridgehead atoms. The molecule has 0 N–H and O–H groups in total. The average molecular weight is 388 g/mol. The van der Waals surface area contributed by atoms with Crippen LogP contribution >= 0.6 is 0 Å². The third kappa shape index (κ3) is 3.71. The standard InChI is InChI=1S/C21H21FO6/c1-4-14-17(22)6-5-12-7-13(28-11-25-2)8-15(20(12)14)19-9-18(23)16(10-27-19)21(24)26-3/h5-8,10,19H,4,9,11H2,1-3H3. The minimum Gasteiger partial charge on any atom is -0.492 e. The topological polar surface area (TPSA) is 71.1 Å². The van der Waals surface area contributed by atoms with Gasteiger partial charge < -0.3 is 18.9 Å². The van der Waals surface area contributed by atoms with E-state index in [0.717, 1.165) is 11.6 Å². The minimum absolute atomic E-state index is 0.0453. The lowest BCUT2D eigenvalue weighted by molar-refractivity contribution is -0.139. The summed E-state index contributed by atoms with van der Waals surface area (Å²) in [6.07, 6.45) is 0.838. The van der Waals surface area contributed by atoms with Gasteiger partial charge in [-0.3, -0.25) is 4.79 Å². The van der Waals surface area contributed by atoms with Gasteiger partial charge in [-0.25, -0.2) is 9.18 Å². The first-order valence-electron chi connectivity index (χ1n) is 8.84. The number of ether oxygens (including phenoxy) is 4. The van der Waals surface area contributed by atoms with E-state index in [0.29, 0.717) is 28.7 Å². The molecule has 0 aliphatic carbocycles. The number of carbonyl (C=O) groups is 2. The summed E-state index contributed by atoms with van der Waals surface area (Å²) >= 11 is 0. The number of carbonyl (C=O) groups excluding carboxylic acids is 2. The summed E-state index contributed by atoms with van der Waals surface area (Å²) in [6, 6.07) is 6.58. The minimum atomic E-state index is -0.745. The molecule has 0 fully saturated rings. The predicted octanol–water partition coefficient (Wildman–Crippen LogP) is 3.61. The molecular formula is C21H21FO6. The van der Waals surface area contributed by atoms with Crippen molar-refractivity contribution in [2.24, 2.45) is 0 Å². The van der Waals surface area contributed by atoms with Gasteiger partial charge in [0.2, 0.25) is 0 Å². The molecule has 1 atom stereocenters. The second kappa shape index (κ2) is 8.39. The molecule has 0 spiro atoms. The van der Waals surface area contributed by atoms with E-state index in [1.165, 1.54) is 20.3 Å². The number of esters is 1. The van der Waals surface area contributed by atoms with E-state index in [2.05, 4.69) is 4.74 Å². The maximum Gasteiger partial charge on any atom is 0.344 e. The van der Waals surface area contributed by atoms with Gasteiger partial charge in [0.15, 0.2) is 12.6 Å². The lowest BCUT2D eigenvalue weighted by Crippen LogP contribution is -2.22. The molecule has 0 saturated carbocycles. The third-order valence-electron chi connectivity index (χ3n) is 4.64. The van der Waals surface area contributed by atoms with Crippen LogP contribution < -0.4 is 4.74 Å². The monoisotopic (exact) mass is 388 g/mol. The van der Waals surface area contributed by atoms with Crippen molar-refractivity contribution in [1.82, 2.24) is 0 Å². The normalized spacial score (nSPS) is 16.5. The van der Waals surface area contributed by atoms with Crippen molar-refractivity contribution in [2.45, 2.75) is 25.9 Å².